The number of hydrogen-bond donors (Lipinski definition) is 0. The summed E-state index contributed by atoms with van der Waals surface area (Å²) in [6, 6.07) is 0. The van der Waals surface area contributed by atoms with Gasteiger partial charge in [-0.05, 0) is 44.3 Å². The first kappa shape index (κ1) is 22.5. The molecule has 24 heavy (non-hydrogen) atoms. The van der Waals surface area contributed by atoms with E-state index in [0.717, 1.165) is 31.8 Å². The molecule has 3 heteroatoms. The smallest absolute Gasteiger partial charge is 0.266 e. The molecule has 0 aromatic rings. The molecule has 1 heterocycles. The summed E-state index contributed by atoms with van der Waals surface area (Å²) in [5.41, 5.74) is -0.861. The second-order valence-electron chi connectivity index (χ2n) is 7.46. The molecule has 1 fully saturated rings. The fraction of sp³-hybridized carbons (Fsp3) is 0.667. The van der Waals surface area contributed by atoms with Crippen LogP contribution in [0.4, 0.5) is 0 Å². The quantitative estimate of drug-likeness (QED) is 0.484. The molecular formula is C21H37NO2. The number of piperidine rings is 1. The van der Waals surface area contributed by atoms with Gasteiger partial charge in [0.05, 0.1) is 0 Å². The van der Waals surface area contributed by atoms with Crippen LogP contribution in [-0.4, -0.2) is 29.5 Å². The van der Waals surface area contributed by atoms with Gasteiger partial charge < -0.3 is 9.64 Å². The number of rotatable bonds is 6. The van der Waals surface area contributed by atoms with E-state index in [2.05, 4.69) is 33.9 Å². The maximum Gasteiger partial charge on any atom is 0.266 e. The third-order valence-corrected chi connectivity index (χ3v) is 3.98. The monoisotopic (exact) mass is 335 g/mol. The predicted octanol–water partition coefficient (Wildman–Crippen LogP) is 5.35. The van der Waals surface area contributed by atoms with E-state index in [0.29, 0.717) is 5.76 Å². The van der Waals surface area contributed by atoms with Crippen molar-refractivity contribution in [3.8, 4) is 0 Å². The lowest BCUT2D eigenvalue weighted by atomic mass is 9.89. The molecule has 0 aromatic carbocycles. The van der Waals surface area contributed by atoms with Gasteiger partial charge in [-0.1, -0.05) is 53.9 Å². The fourth-order valence-electron chi connectivity index (χ4n) is 2.32. The van der Waals surface area contributed by atoms with Gasteiger partial charge in [0.25, 0.3) is 5.91 Å². The molecule has 0 aliphatic carbocycles. The number of carbonyl (C=O) groups excluding carboxylic acids is 1. The van der Waals surface area contributed by atoms with Crippen LogP contribution >= 0.6 is 0 Å². The first-order valence-corrected chi connectivity index (χ1v) is 9.12. The molecule has 0 spiro atoms. The topological polar surface area (TPSA) is 29.5 Å². The van der Waals surface area contributed by atoms with E-state index in [9.17, 15) is 4.79 Å². The van der Waals surface area contributed by atoms with Crippen LogP contribution in [0.5, 0.6) is 0 Å². The van der Waals surface area contributed by atoms with Crippen molar-refractivity contribution in [1.29, 1.82) is 0 Å². The molecule has 1 aliphatic heterocycles. The lowest BCUT2D eigenvalue weighted by molar-refractivity contribution is -0.157. The van der Waals surface area contributed by atoms with E-state index in [1.807, 2.05) is 25.7 Å². The predicted molar refractivity (Wildman–Crippen MR) is 104 cm³/mol. The first-order valence-electron chi connectivity index (χ1n) is 9.12. The molecule has 1 amide bonds. The maximum atomic E-state index is 12.8. The van der Waals surface area contributed by atoms with Gasteiger partial charge in [-0.3, -0.25) is 4.79 Å². The standard InChI is InChI=1S/C17H27NO2.C4H10/c1-6-11-15(7-2)20-17(5,14(3)4)16(19)18-12-9-8-10-13-18;1-4(2)3/h6-7,11,14H,1-2,8-10,12-13H2,3-5H3;4H,1-3H3/b15-11+;. The van der Waals surface area contributed by atoms with Crippen LogP contribution in [0.2, 0.25) is 0 Å². The molecule has 138 valence electrons. The Labute approximate surface area is 149 Å². The summed E-state index contributed by atoms with van der Waals surface area (Å²) in [5.74, 6) is 1.57. The van der Waals surface area contributed by atoms with E-state index in [1.54, 1.807) is 18.2 Å². The summed E-state index contributed by atoms with van der Waals surface area (Å²) in [4.78, 5) is 14.8. The minimum atomic E-state index is -0.861. The molecule has 3 nitrogen and oxygen atoms in total. The van der Waals surface area contributed by atoms with Gasteiger partial charge in [-0.25, -0.2) is 0 Å². The summed E-state index contributed by atoms with van der Waals surface area (Å²) in [7, 11) is 0. The lowest BCUT2D eigenvalue weighted by Crippen LogP contribution is -2.53. The van der Waals surface area contributed by atoms with Gasteiger partial charge in [0, 0.05) is 19.0 Å². The maximum absolute atomic E-state index is 12.8. The lowest BCUT2D eigenvalue weighted by Gasteiger charge is -2.39. The van der Waals surface area contributed by atoms with Crippen LogP contribution in [0.1, 0.15) is 60.8 Å². The van der Waals surface area contributed by atoms with Crippen molar-refractivity contribution in [1.82, 2.24) is 4.90 Å². The number of allylic oxidation sites excluding steroid dienone is 3. The molecule has 0 aromatic heterocycles. The second kappa shape index (κ2) is 11.1. The van der Waals surface area contributed by atoms with Gasteiger partial charge in [0.2, 0.25) is 0 Å². The Kier molecular flexibility index (Phi) is 10.4. The largest absolute Gasteiger partial charge is 0.477 e. The summed E-state index contributed by atoms with van der Waals surface area (Å²) < 4.78 is 5.98. The molecule has 1 atom stereocenters. The zero-order chi connectivity index (χ0) is 18.8. The number of hydrogen-bond acceptors (Lipinski definition) is 2. The molecule has 0 bridgehead atoms. The van der Waals surface area contributed by atoms with Crippen molar-refractivity contribution in [3.63, 3.8) is 0 Å². The third-order valence-electron chi connectivity index (χ3n) is 3.98. The Balaban J connectivity index is 0.00000118. The van der Waals surface area contributed by atoms with Gasteiger partial charge >= 0.3 is 0 Å². The summed E-state index contributed by atoms with van der Waals surface area (Å²) in [6.45, 7) is 21.4. The van der Waals surface area contributed by atoms with Gasteiger partial charge in [0.15, 0.2) is 5.60 Å². The van der Waals surface area contributed by atoms with E-state index >= 15 is 0 Å². The molecular weight excluding hydrogens is 298 g/mol. The van der Waals surface area contributed by atoms with Crippen molar-refractivity contribution in [3.05, 3.63) is 37.1 Å². The second-order valence-corrected chi connectivity index (χ2v) is 7.46. The van der Waals surface area contributed by atoms with Gasteiger partial charge in [0.1, 0.15) is 5.76 Å². The normalized spacial score (nSPS) is 17.7. The Morgan fingerprint density at radius 3 is 1.96 bits per heavy atom. The van der Waals surface area contributed by atoms with E-state index < -0.39 is 5.60 Å². The van der Waals surface area contributed by atoms with E-state index in [-0.39, 0.29) is 11.8 Å². The SMILES string of the molecule is C=C/C=C(\C=C)OC(C)(C(=O)N1CCCCC1)C(C)C.CC(C)C. The van der Waals surface area contributed by atoms with Gasteiger partial charge in [-0.2, -0.15) is 0 Å². The molecule has 1 rings (SSSR count). The van der Waals surface area contributed by atoms with Crippen molar-refractivity contribution < 1.29 is 9.53 Å². The molecule has 1 aliphatic rings. The van der Waals surface area contributed by atoms with Crippen LogP contribution in [-0.2, 0) is 9.53 Å². The van der Waals surface area contributed by atoms with E-state index in [1.165, 1.54) is 6.42 Å². The average Bonchev–Trinajstić information content (AvgIpc) is 2.53. The molecule has 0 N–H and O–H groups in total. The number of likely N-dealkylation sites (tertiary alicyclic amines) is 1. The van der Waals surface area contributed by atoms with Crippen LogP contribution in [0.25, 0.3) is 0 Å². The Morgan fingerprint density at radius 1 is 1.08 bits per heavy atom. The Morgan fingerprint density at radius 2 is 1.58 bits per heavy atom. The Hall–Kier alpha value is -1.51. The highest BCUT2D eigenvalue weighted by Crippen LogP contribution is 2.29. The number of nitrogens with zero attached hydrogens (tertiary/aromatic N) is 1. The number of carbonyl (C=O) groups is 1. The molecule has 0 radical (unpaired) electrons. The summed E-state index contributed by atoms with van der Waals surface area (Å²) in [5, 5.41) is 0. The van der Waals surface area contributed by atoms with Crippen LogP contribution in [0, 0.1) is 11.8 Å². The fourth-order valence-corrected chi connectivity index (χ4v) is 2.32. The van der Waals surface area contributed by atoms with E-state index in [4.69, 9.17) is 4.74 Å². The molecule has 1 saturated heterocycles. The highest BCUT2D eigenvalue weighted by Gasteiger charge is 2.42. The zero-order valence-corrected chi connectivity index (χ0v) is 16.6. The highest BCUT2D eigenvalue weighted by atomic mass is 16.5. The molecule has 1 unspecified atom stereocenters. The van der Waals surface area contributed by atoms with Crippen molar-refractivity contribution in [2.24, 2.45) is 11.8 Å². The van der Waals surface area contributed by atoms with Crippen LogP contribution in [0.15, 0.2) is 37.1 Å². The van der Waals surface area contributed by atoms with Gasteiger partial charge in [-0.15, -0.1) is 0 Å². The summed E-state index contributed by atoms with van der Waals surface area (Å²) >= 11 is 0. The highest BCUT2D eigenvalue weighted by molar-refractivity contribution is 5.85. The minimum Gasteiger partial charge on any atom is -0.477 e. The van der Waals surface area contributed by atoms with Crippen LogP contribution in [0.3, 0.4) is 0 Å². The van der Waals surface area contributed by atoms with Crippen molar-refractivity contribution in [2.45, 2.75) is 66.4 Å². The number of ether oxygens (including phenoxy) is 1. The Bertz CT molecular complexity index is 428. The average molecular weight is 336 g/mol. The van der Waals surface area contributed by atoms with Crippen molar-refractivity contribution in [2.75, 3.05) is 13.1 Å². The van der Waals surface area contributed by atoms with Crippen molar-refractivity contribution >= 4 is 5.91 Å². The van der Waals surface area contributed by atoms with Crippen LogP contribution < -0.4 is 0 Å². The third kappa shape index (κ3) is 7.37. The minimum absolute atomic E-state index is 0.0732. The number of amides is 1. The first-order chi connectivity index (χ1) is 11.2. The molecule has 0 saturated carbocycles. The summed E-state index contributed by atoms with van der Waals surface area (Å²) in [6.07, 6.45) is 8.36. The zero-order valence-electron chi connectivity index (χ0n) is 16.6.